The molecule has 4 nitrogen and oxygen atoms in total. The van der Waals surface area contributed by atoms with E-state index < -0.39 is 5.97 Å². The van der Waals surface area contributed by atoms with E-state index in [0.29, 0.717) is 11.1 Å². The summed E-state index contributed by atoms with van der Waals surface area (Å²) in [5, 5.41) is 18.1. The molecule has 0 bridgehead atoms. The topological polar surface area (TPSA) is 64.3 Å². The second kappa shape index (κ2) is 11.2. The molecule has 0 aromatic heterocycles. The number of nitrogens with zero attached hydrogens (tertiary/aromatic N) is 2. The molecule has 0 fully saturated rings. The Bertz CT molecular complexity index is 1470. The van der Waals surface area contributed by atoms with Crippen molar-refractivity contribution >= 4 is 41.3 Å². The smallest absolute Gasteiger partial charge is 0.346 e. The Balaban J connectivity index is 1.59. The minimum atomic E-state index is -1.29. The summed E-state index contributed by atoms with van der Waals surface area (Å²) >= 11 is 0. The van der Waals surface area contributed by atoms with Gasteiger partial charge in [0.15, 0.2) is 0 Å². The number of carboxylic acid groups (broad SMARTS) is 1. The molecule has 0 aliphatic rings. The van der Waals surface area contributed by atoms with E-state index in [4.69, 9.17) is 16.8 Å². The highest BCUT2D eigenvalue weighted by atomic mass is 16.4. The number of hydrogen-bond acceptors (Lipinski definition) is 3. The molecular weight excluding hydrogens is 444 g/mol. The molecule has 4 aromatic carbocycles. The summed E-state index contributed by atoms with van der Waals surface area (Å²) in [6.45, 7) is 0. The molecule has 0 atom stereocenters. The summed E-state index contributed by atoms with van der Waals surface area (Å²) in [7, 11) is 0. The summed E-state index contributed by atoms with van der Waals surface area (Å²) in [5.41, 5.74) is 5.74. The van der Waals surface area contributed by atoms with Crippen LogP contribution in [0.5, 0.6) is 0 Å². The van der Waals surface area contributed by atoms with Gasteiger partial charge in [-0.3, -0.25) is 0 Å². The summed E-state index contributed by atoms with van der Waals surface area (Å²) in [5.74, 6) is 1.28. The van der Waals surface area contributed by atoms with Gasteiger partial charge in [0.05, 0.1) is 0 Å². The molecule has 0 radical (unpaired) electrons. The number of carboxylic acids is 1. The van der Waals surface area contributed by atoms with E-state index >= 15 is 0 Å². The van der Waals surface area contributed by atoms with Crippen molar-refractivity contribution in [2.75, 3.05) is 4.90 Å². The quantitative estimate of drug-likeness (QED) is 0.134. The van der Waals surface area contributed by atoms with Gasteiger partial charge in [-0.15, -0.1) is 6.42 Å². The normalized spacial score (nSPS) is 11.0. The molecule has 4 rings (SSSR count). The Morgan fingerprint density at radius 1 is 0.778 bits per heavy atom. The Morgan fingerprint density at radius 3 is 1.83 bits per heavy atom. The molecule has 0 aliphatic carbocycles. The second-order valence-electron chi connectivity index (χ2n) is 7.90. The Kier molecular flexibility index (Phi) is 7.41. The van der Waals surface area contributed by atoms with Crippen LogP contribution in [0.15, 0.2) is 109 Å². The molecule has 0 aliphatic heterocycles. The molecule has 0 saturated carbocycles. The van der Waals surface area contributed by atoms with Crippen LogP contribution in [0, 0.1) is 23.7 Å². The van der Waals surface area contributed by atoms with Crippen molar-refractivity contribution in [3.8, 4) is 18.4 Å². The van der Waals surface area contributed by atoms with Gasteiger partial charge in [-0.05, 0) is 65.2 Å². The number of benzene rings is 4. The molecule has 1 N–H and O–H groups in total. The molecule has 0 amide bonds. The van der Waals surface area contributed by atoms with Crippen molar-refractivity contribution in [2.45, 2.75) is 0 Å². The molecule has 36 heavy (non-hydrogen) atoms. The number of anilines is 3. The first kappa shape index (κ1) is 23.8. The van der Waals surface area contributed by atoms with Gasteiger partial charge in [-0.25, -0.2) is 4.79 Å². The zero-order valence-electron chi connectivity index (χ0n) is 19.4. The van der Waals surface area contributed by atoms with Gasteiger partial charge in [0.1, 0.15) is 11.6 Å². The van der Waals surface area contributed by atoms with Gasteiger partial charge in [0.25, 0.3) is 0 Å². The monoisotopic (exact) mass is 466 g/mol. The summed E-state index contributed by atoms with van der Waals surface area (Å²) in [4.78, 5) is 13.3. The number of aliphatic carboxylic acids is 1. The fourth-order valence-electron chi connectivity index (χ4n) is 3.75. The summed E-state index contributed by atoms with van der Waals surface area (Å²) < 4.78 is 0. The fourth-order valence-corrected chi connectivity index (χ4v) is 3.75. The summed E-state index contributed by atoms with van der Waals surface area (Å²) in [6, 6.07) is 35.7. The fraction of sp³-hybridized carbons (Fsp3) is 0. The van der Waals surface area contributed by atoms with Crippen LogP contribution < -0.4 is 4.90 Å². The predicted molar refractivity (Wildman–Crippen MR) is 146 cm³/mol. The first-order chi connectivity index (χ1) is 17.6. The average molecular weight is 467 g/mol. The van der Waals surface area contributed by atoms with E-state index in [1.807, 2.05) is 54.6 Å². The van der Waals surface area contributed by atoms with Crippen molar-refractivity contribution in [3.05, 3.63) is 131 Å². The van der Waals surface area contributed by atoms with Gasteiger partial charge in [0, 0.05) is 22.6 Å². The highest BCUT2D eigenvalue weighted by Crippen LogP contribution is 2.34. The molecule has 0 heterocycles. The van der Waals surface area contributed by atoms with Crippen molar-refractivity contribution in [3.63, 3.8) is 0 Å². The molecule has 0 spiro atoms. The van der Waals surface area contributed by atoms with Gasteiger partial charge in [0.2, 0.25) is 0 Å². The third-order valence-electron chi connectivity index (χ3n) is 5.53. The van der Waals surface area contributed by atoms with Gasteiger partial charge < -0.3 is 10.0 Å². The van der Waals surface area contributed by atoms with E-state index in [1.54, 1.807) is 18.2 Å². The van der Waals surface area contributed by atoms with Crippen LogP contribution in [-0.4, -0.2) is 11.1 Å². The lowest BCUT2D eigenvalue weighted by Gasteiger charge is -2.25. The van der Waals surface area contributed by atoms with Crippen LogP contribution >= 0.6 is 0 Å². The van der Waals surface area contributed by atoms with E-state index in [1.165, 1.54) is 6.08 Å². The van der Waals surface area contributed by atoms with Crippen molar-refractivity contribution in [1.29, 1.82) is 5.26 Å². The first-order valence-electron chi connectivity index (χ1n) is 11.2. The molecule has 0 unspecified atom stereocenters. The van der Waals surface area contributed by atoms with E-state index in [-0.39, 0.29) is 5.57 Å². The van der Waals surface area contributed by atoms with Gasteiger partial charge in [-0.2, -0.15) is 5.26 Å². The standard InChI is InChI=1S/C32H22N2O2/c1-2-26-21-25(15-18-27(26)22-28(23-33)32(35)36)14-13-24-16-19-31(20-17-24)34(29-9-5-3-6-10-29)30-11-7-4-8-12-30/h1,3-22H,(H,35,36)/b14-13+,28-22-. The van der Waals surface area contributed by atoms with E-state index in [0.717, 1.165) is 28.2 Å². The van der Waals surface area contributed by atoms with Crippen LogP contribution in [0.2, 0.25) is 0 Å². The third-order valence-corrected chi connectivity index (χ3v) is 5.53. The molecular formula is C32H22N2O2. The number of para-hydroxylation sites is 2. The Hall–Kier alpha value is -5.32. The number of hydrogen-bond donors (Lipinski definition) is 1. The molecule has 4 heteroatoms. The largest absolute Gasteiger partial charge is 0.477 e. The third kappa shape index (κ3) is 5.59. The maximum absolute atomic E-state index is 11.1. The molecule has 4 aromatic rings. The first-order valence-corrected chi connectivity index (χ1v) is 11.2. The van der Waals surface area contributed by atoms with E-state index in [9.17, 15) is 4.79 Å². The Labute approximate surface area is 210 Å². The van der Waals surface area contributed by atoms with Crippen molar-refractivity contribution in [2.24, 2.45) is 0 Å². The second-order valence-corrected chi connectivity index (χ2v) is 7.90. The van der Waals surface area contributed by atoms with Gasteiger partial charge >= 0.3 is 5.97 Å². The Morgan fingerprint density at radius 2 is 1.31 bits per heavy atom. The SMILES string of the molecule is C#Cc1cc(/C=C/c2ccc(N(c3ccccc3)c3ccccc3)cc2)ccc1/C=C(/C#N)C(=O)O. The van der Waals surface area contributed by atoms with Crippen LogP contribution in [0.1, 0.15) is 22.3 Å². The average Bonchev–Trinajstić information content (AvgIpc) is 2.92. The number of terminal acetylenes is 1. The summed E-state index contributed by atoms with van der Waals surface area (Å²) in [6.07, 6.45) is 10.8. The lowest BCUT2D eigenvalue weighted by atomic mass is 10.0. The van der Waals surface area contributed by atoms with Crippen molar-refractivity contribution in [1.82, 2.24) is 0 Å². The van der Waals surface area contributed by atoms with Crippen molar-refractivity contribution < 1.29 is 9.90 Å². The van der Waals surface area contributed by atoms with Crippen LogP contribution in [0.25, 0.3) is 18.2 Å². The zero-order chi connectivity index (χ0) is 25.3. The minimum Gasteiger partial charge on any atom is -0.477 e. The number of nitriles is 1. The maximum Gasteiger partial charge on any atom is 0.346 e. The van der Waals surface area contributed by atoms with Crippen LogP contribution in [-0.2, 0) is 4.79 Å². The number of rotatable bonds is 7. The lowest BCUT2D eigenvalue weighted by molar-refractivity contribution is -0.132. The zero-order valence-corrected chi connectivity index (χ0v) is 19.4. The van der Waals surface area contributed by atoms with Crippen LogP contribution in [0.3, 0.4) is 0 Å². The minimum absolute atomic E-state index is 0.366. The highest BCUT2D eigenvalue weighted by molar-refractivity contribution is 5.97. The van der Waals surface area contributed by atoms with Crippen LogP contribution in [0.4, 0.5) is 17.1 Å². The van der Waals surface area contributed by atoms with Gasteiger partial charge in [-0.1, -0.05) is 78.7 Å². The lowest BCUT2D eigenvalue weighted by Crippen LogP contribution is -2.09. The molecule has 0 saturated heterocycles. The highest BCUT2D eigenvalue weighted by Gasteiger charge is 2.11. The molecule has 172 valence electrons. The van der Waals surface area contributed by atoms with E-state index in [2.05, 4.69) is 59.4 Å². The maximum atomic E-state index is 11.1. The predicted octanol–water partition coefficient (Wildman–Crippen LogP) is 7.30. The number of carbonyl (C=O) groups is 1.